The zero-order valence-electron chi connectivity index (χ0n) is 16.8. The molecule has 0 amide bonds. The molecule has 4 unspecified atom stereocenters. The van der Waals surface area contributed by atoms with Crippen LogP contribution in [0, 0.1) is 18.6 Å². The molecule has 0 radical (unpaired) electrons. The number of hydrogen-bond acceptors (Lipinski definition) is 0. The number of alkyl halides is 4. The number of allylic oxidation sites excluding steroid dienone is 8. The lowest BCUT2D eigenvalue weighted by Crippen LogP contribution is -2.46. The Morgan fingerprint density at radius 2 is 1.12 bits per heavy atom. The van der Waals surface area contributed by atoms with Crippen LogP contribution in [0.25, 0.3) is 0 Å². The van der Waals surface area contributed by atoms with Gasteiger partial charge in [0.05, 0.1) is 0 Å². The van der Waals surface area contributed by atoms with E-state index in [-0.39, 0.29) is 23.8 Å². The maximum absolute atomic E-state index is 14.9. The van der Waals surface area contributed by atoms with Gasteiger partial charge in [0.25, 0.3) is 0 Å². The predicted molar refractivity (Wildman–Crippen MR) is 100.0 cm³/mol. The highest BCUT2D eigenvalue weighted by Gasteiger charge is 2.52. The Balaban J connectivity index is 2.40. The van der Waals surface area contributed by atoms with E-state index in [1.807, 2.05) is 0 Å². The van der Waals surface area contributed by atoms with Crippen LogP contribution in [0.15, 0.2) is 56.5 Å². The summed E-state index contributed by atoms with van der Waals surface area (Å²) in [5.41, 5.74) is -6.66. The van der Waals surface area contributed by atoms with Gasteiger partial charge in [-0.15, -0.1) is 0 Å². The lowest BCUT2D eigenvalue weighted by molar-refractivity contribution is 0.113. The standard InChI is InChI=1S/2C7H5F4.C7H5F2.Al/c2*1-7(11)3-4(8)2-5(9)6(7)10;1-5-2-3-6(8)4-7(5)9;/h2*3,6H,1H3;2,4H,1H3;. The summed E-state index contributed by atoms with van der Waals surface area (Å²) >= 11 is -4.50. The monoisotopic (exact) mass is 484 g/mol. The molecule has 2 aliphatic rings. The average Bonchev–Trinajstić information content (AvgIpc) is 2.66. The lowest BCUT2D eigenvalue weighted by atomic mass is 9.95. The van der Waals surface area contributed by atoms with Gasteiger partial charge in [0, 0.05) is 6.07 Å². The highest BCUT2D eigenvalue weighted by Crippen LogP contribution is 2.44. The topological polar surface area (TPSA) is 0 Å². The van der Waals surface area contributed by atoms with Crippen molar-refractivity contribution in [3.8, 4) is 0 Å². The van der Waals surface area contributed by atoms with E-state index < -0.39 is 86.1 Å². The quantitative estimate of drug-likeness (QED) is 0.346. The van der Waals surface area contributed by atoms with E-state index in [4.69, 9.17) is 0 Å². The molecule has 0 nitrogen and oxygen atoms in total. The molecule has 3 rings (SSSR count). The molecule has 11 heteroatoms. The van der Waals surface area contributed by atoms with Crippen LogP contribution >= 0.6 is 0 Å². The molecule has 0 aromatic heterocycles. The first-order chi connectivity index (χ1) is 14.6. The molecule has 0 fully saturated rings. The Bertz CT molecular complexity index is 1040. The van der Waals surface area contributed by atoms with E-state index in [0.29, 0.717) is 19.9 Å². The van der Waals surface area contributed by atoms with Gasteiger partial charge in [-0.3, -0.25) is 0 Å². The molecule has 0 spiro atoms. The third kappa shape index (κ3) is 3.94. The Hall–Kier alpha value is -1.99. The molecular weight excluding hydrogens is 469 g/mol. The molecule has 0 heterocycles. The van der Waals surface area contributed by atoms with E-state index >= 15 is 0 Å². The number of rotatable bonds is 3. The smallest absolute Gasteiger partial charge is 0.236 e. The number of benzene rings is 1. The first kappa shape index (κ1) is 24.7. The summed E-state index contributed by atoms with van der Waals surface area (Å²) < 4.78 is 141. The highest BCUT2D eigenvalue weighted by molar-refractivity contribution is 6.87. The number of halogens is 10. The molecule has 4 atom stereocenters. The summed E-state index contributed by atoms with van der Waals surface area (Å²) in [7, 11) is 0. The summed E-state index contributed by atoms with van der Waals surface area (Å²) in [6, 6.07) is 0.963. The fourth-order valence-corrected chi connectivity index (χ4v) is 6.95. The van der Waals surface area contributed by atoms with Gasteiger partial charge in [0.2, 0.25) is 0 Å². The van der Waals surface area contributed by atoms with E-state index in [1.54, 1.807) is 0 Å². The van der Waals surface area contributed by atoms with Crippen molar-refractivity contribution in [3.63, 3.8) is 0 Å². The second kappa shape index (κ2) is 8.10. The van der Waals surface area contributed by atoms with Gasteiger partial charge >= 0.3 is 14.1 Å². The van der Waals surface area contributed by atoms with Crippen LogP contribution in [-0.4, -0.2) is 37.8 Å². The van der Waals surface area contributed by atoms with Crippen molar-refractivity contribution >= 4 is 18.6 Å². The first-order valence-electron chi connectivity index (χ1n) is 9.28. The molecule has 0 N–H and O–H groups in total. The van der Waals surface area contributed by atoms with Crippen molar-refractivity contribution in [1.29, 1.82) is 0 Å². The van der Waals surface area contributed by atoms with Crippen LogP contribution in [0.1, 0.15) is 19.4 Å². The fraction of sp³-hybridized carbons (Fsp3) is 0.333. The summed E-state index contributed by atoms with van der Waals surface area (Å²) in [6.45, 7) is 2.10. The van der Waals surface area contributed by atoms with E-state index in [9.17, 15) is 43.9 Å². The second-order valence-corrected chi connectivity index (χ2v) is 10.7. The van der Waals surface area contributed by atoms with Crippen molar-refractivity contribution in [2.24, 2.45) is 0 Å². The van der Waals surface area contributed by atoms with Gasteiger partial charge < -0.3 is 0 Å². The Labute approximate surface area is 181 Å². The zero-order chi connectivity index (χ0) is 24.3. The highest BCUT2D eigenvalue weighted by atomic mass is 27.2. The molecule has 0 aliphatic heterocycles. The Kier molecular flexibility index (Phi) is 6.24. The zero-order valence-corrected chi connectivity index (χ0v) is 18.0. The largest absolute Gasteiger partial charge is 0.406 e. The normalized spacial score (nSPS) is 31.0. The van der Waals surface area contributed by atoms with Crippen molar-refractivity contribution in [1.82, 2.24) is 0 Å². The summed E-state index contributed by atoms with van der Waals surface area (Å²) in [6.07, 6.45) is -6.22. The van der Waals surface area contributed by atoms with Crippen LogP contribution < -0.4 is 4.43 Å². The van der Waals surface area contributed by atoms with E-state index in [2.05, 4.69) is 0 Å². The maximum atomic E-state index is 14.9. The van der Waals surface area contributed by atoms with Crippen molar-refractivity contribution < 1.29 is 43.9 Å². The number of hydrogen-bond donors (Lipinski definition) is 0. The van der Waals surface area contributed by atoms with Crippen LogP contribution in [-0.2, 0) is 0 Å². The third-order valence-corrected chi connectivity index (χ3v) is 8.77. The minimum atomic E-state index is -4.50. The molecule has 2 aliphatic carbocycles. The van der Waals surface area contributed by atoms with Gasteiger partial charge in [-0.1, -0.05) is 10.5 Å². The Morgan fingerprint density at radius 1 is 0.719 bits per heavy atom. The first-order valence-corrected chi connectivity index (χ1v) is 11.0. The van der Waals surface area contributed by atoms with Crippen LogP contribution in [0.4, 0.5) is 43.9 Å². The molecular formula is C21H15AlF10. The van der Waals surface area contributed by atoms with Gasteiger partial charge in [-0.25, -0.2) is 43.9 Å². The SMILES string of the molecule is Cc1c[c]([Al]([C]2=C(F)C(F)C(C)(F)C=C2F)[C]2=C(F)C(F)C(C)(F)C=C2F)c(F)cc1F. The van der Waals surface area contributed by atoms with Crippen molar-refractivity contribution in [3.05, 3.63) is 73.7 Å². The van der Waals surface area contributed by atoms with E-state index in [1.165, 1.54) is 0 Å². The van der Waals surface area contributed by atoms with Crippen LogP contribution in [0.3, 0.4) is 0 Å². The molecule has 0 saturated heterocycles. The minimum Gasteiger partial charge on any atom is -0.236 e. The van der Waals surface area contributed by atoms with Crippen LogP contribution in [0.5, 0.6) is 0 Å². The van der Waals surface area contributed by atoms with Crippen LogP contribution in [0.2, 0.25) is 0 Å². The van der Waals surface area contributed by atoms with Gasteiger partial charge in [0.1, 0.15) is 34.9 Å². The minimum absolute atomic E-state index is 0.0134. The lowest BCUT2D eigenvalue weighted by Gasteiger charge is -2.32. The summed E-state index contributed by atoms with van der Waals surface area (Å²) in [5.74, 6) is -10.4. The molecule has 32 heavy (non-hydrogen) atoms. The predicted octanol–water partition coefficient (Wildman–Crippen LogP) is 6.37. The molecule has 1 aromatic rings. The molecule has 172 valence electrons. The van der Waals surface area contributed by atoms with E-state index in [0.717, 1.165) is 6.92 Å². The molecule has 0 saturated carbocycles. The second-order valence-electron chi connectivity index (χ2n) is 8.09. The maximum Gasteiger partial charge on any atom is 0.406 e. The van der Waals surface area contributed by atoms with Gasteiger partial charge in [-0.05, 0) is 47.4 Å². The van der Waals surface area contributed by atoms with Crippen molar-refractivity contribution in [2.75, 3.05) is 0 Å². The average molecular weight is 484 g/mol. The summed E-state index contributed by atoms with van der Waals surface area (Å²) in [4.78, 5) is 0. The third-order valence-electron chi connectivity index (χ3n) is 5.45. The Morgan fingerprint density at radius 3 is 1.53 bits per heavy atom. The van der Waals surface area contributed by atoms with Gasteiger partial charge in [-0.2, -0.15) is 0 Å². The summed E-state index contributed by atoms with van der Waals surface area (Å²) in [5, 5.41) is 0. The molecule has 0 bridgehead atoms. The molecule has 1 aromatic carbocycles. The fourth-order valence-electron chi connectivity index (χ4n) is 3.70. The van der Waals surface area contributed by atoms with Gasteiger partial charge in [0.15, 0.2) is 23.7 Å². The van der Waals surface area contributed by atoms with Crippen molar-refractivity contribution in [2.45, 2.75) is 44.5 Å². The number of aryl methyl sites for hydroxylation is 1.